The minimum atomic E-state index is -0.312. The molecule has 0 fully saturated rings. The Morgan fingerprint density at radius 3 is 2.22 bits per heavy atom. The first-order chi connectivity index (χ1) is 18.2. The van der Waals surface area contributed by atoms with E-state index in [0.717, 1.165) is 30.1 Å². The van der Waals surface area contributed by atoms with Gasteiger partial charge in [0.25, 0.3) is 5.91 Å². The molecule has 0 spiro atoms. The first kappa shape index (κ1) is 27.5. The van der Waals surface area contributed by atoms with Crippen LogP contribution in [0.5, 0.6) is 23.0 Å². The molecule has 1 aromatic heterocycles. The second-order valence-electron chi connectivity index (χ2n) is 8.15. The number of pyridine rings is 1. The molecule has 0 atom stereocenters. The molecule has 2 aromatic carbocycles. The summed E-state index contributed by atoms with van der Waals surface area (Å²) in [6.45, 7) is 6.06. The summed E-state index contributed by atoms with van der Waals surface area (Å²) >= 11 is 0. The molecule has 1 amide bonds. The van der Waals surface area contributed by atoms with Gasteiger partial charge in [0.05, 0.1) is 19.4 Å². The lowest BCUT2D eigenvalue weighted by molar-refractivity contribution is 0.0955. The van der Waals surface area contributed by atoms with Crippen molar-refractivity contribution in [2.24, 2.45) is 5.10 Å². The Labute approximate surface area is 218 Å². The number of benzene rings is 2. The molecule has 0 aliphatic rings. The van der Waals surface area contributed by atoms with Crippen molar-refractivity contribution < 1.29 is 23.7 Å². The number of amides is 1. The standard InChI is InChI=1S/C29H35N3O5/c1-3-5-6-7-18-35-25-9-11-26(12-10-25)36-19-20-37-27-13-8-23(21-28(27)34-4-2)22-31-32-29(33)24-14-16-30-17-15-24/h8-17,21-22H,3-7,18-20H2,1-2H3,(H,32,33)/b31-22+. The molecular formula is C29H35N3O5. The molecule has 0 unspecified atom stereocenters. The summed E-state index contributed by atoms with van der Waals surface area (Å²) in [5, 5.41) is 4.02. The van der Waals surface area contributed by atoms with Gasteiger partial charge in [-0.3, -0.25) is 9.78 Å². The zero-order valence-corrected chi connectivity index (χ0v) is 21.5. The molecule has 0 aliphatic carbocycles. The van der Waals surface area contributed by atoms with Crippen LogP contribution in [-0.4, -0.2) is 43.5 Å². The highest BCUT2D eigenvalue weighted by atomic mass is 16.5. The Morgan fingerprint density at radius 1 is 0.811 bits per heavy atom. The van der Waals surface area contributed by atoms with E-state index in [1.165, 1.54) is 19.3 Å². The van der Waals surface area contributed by atoms with E-state index in [4.69, 9.17) is 18.9 Å². The molecule has 0 saturated carbocycles. The van der Waals surface area contributed by atoms with Crippen molar-refractivity contribution in [1.29, 1.82) is 0 Å². The largest absolute Gasteiger partial charge is 0.494 e. The van der Waals surface area contributed by atoms with Crippen molar-refractivity contribution in [3.63, 3.8) is 0 Å². The monoisotopic (exact) mass is 505 g/mol. The molecule has 8 heteroatoms. The van der Waals surface area contributed by atoms with Gasteiger partial charge in [-0.1, -0.05) is 26.2 Å². The SMILES string of the molecule is CCCCCCOc1ccc(OCCOc2ccc(/C=N/NC(=O)c3ccncc3)cc2OCC)cc1. The van der Waals surface area contributed by atoms with Crippen LogP contribution in [0.1, 0.15) is 55.5 Å². The molecule has 0 bridgehead atoms. The number of hydrogen-bond acceptors (Lipinski definition) is 7. The van der Waals surface area contributed by atoms with Crippen LogP contribution in [0.15, 0.2) is 72.1 Å². The summed E-state index contributed by atoms with van der Waals surface area (Å²) < 4.78 is 23.2. The quantitative estimate of drug-likeness (QED) is 0.153. The van der Waals surface area contributed by atoms with Crippen molar-refractivity contribution in [1.82, 2.24) is 10.4 Å². The smallest absolute Gasteiger partial charge is 0.271 e. The van der Waals surface area contributed by atoms with Crippen LogP contribution in [0.3, 0.4) is 0 Å². The Balaban J connectivity index is 1.44. The number of nitrogens with one attached hydrogen (secondary N) is 1. The topological polar surface area (TPSA) is 91.3 Å². The number of ether oxygens (including phenoxy) is 4. The Morgan fingerprint density at radius 2 is 1.51 bits per heavy atom. The van der Waals surface area contributed by atoms with E-state index < -0.39 is 0 Å². The average molecular weight is 506 g/mol. The third kappa shape index (κ3) is 9.83. The van der Waals surface area contributed by atoms with Crippen LogP contribution in [0.2, 0.25) is 0 Å². The fraction of sp³-hybridized carbons (Fsp3) is 0.345. The number of hydrogen-bond donors (Lipinski definition) is 1. The number of carbonyl (C=O) groups excluding carboxylic acids is 1. The van der Waals surface area contributed by atoms with Crippen molar-refractivity contribution in [2.45, 2.75) is 39.5 Å². The normalized spacial score (nSPS) is 10.8. The number of rotatable bonds is 16. The molecule has 0 radical (unpaired) electrons. The van der Waals surface area contributed by atoms with Crippen LogP contribution in [0.4, 0.5) is 0 Å². The van der Waals surface area contributed by atoms with E-state index in [-0.39, 0.29) is 5.91 Å². The fourth-order valence-corrected chi connectivity index (χ4v) is 3.39. The number of nitrogens with zero attached hydrogens (tertiary/aromatic N) is 2. The summed E-state index contributed by atoms with van der Waals surface area (Å²) in [4.78, 5) is 16.0. The van der Waals surface area contributed by atoms with Gasteiger partial charge in [-0.15, -0.1) is 0 Å². The lowest BCUT2D eigenvalue weighted by Gasteiger charge is -2.13. The number of aromatic nitrogens is 1. The molecule has 196 valence electrons. The summed E-state index contributed by atoms with van der Waals surface area (Å²) in [5.41, 5.74) is 3.74. The van der Waals surface area contributed by atoms with Crippen LogP contribution < -0.4 is 24.4 Å². The Hall–Kier alpha value is -4.07. The van der Waals surface area contributed by atoms with Crippen molar-refractivity contribution in [3.05, 3.63) is 78.1 Å². The van der Waals surface area contributed by atoms with Gasteiger partial charge in [-0.25, -0.2) is 5.43 Å². The zero-order chi connectivity index (χ0) is 26.1. The summed E-state index contributed by atoms with van der Waals surface area (Å²) in [7, 11) is 0. The van der Waals surface area contributed by atoms with E-state index in [0.29, 0.717) is 36.9 Å². The Bertz CT molecular complexity index is 1100. The second-order valence-corrected chi connectivity index (χ2v) is 8.15. The van der Waals surface area contributed by atoms with Gasteiger partial charge in [0.2, 0.25) is 0 Å². The highest BCUT2D eigenvalue weighted by molar-refractivity contribution is 5.94. The van der Waals surface area contributed by atoms with Crippen LogP contribution >= 0.6 is 0 Å². The molecular weight excluding hydrogens is 470 g/mol. The Kier molecular flexibility index (Phi) is 11.8. The fourth-order valence-electron chi connectivity index (χ4n) is 3.39. The van der Waals surface area contributed by atoms with Crippen LogP contribution in [0.25, 0.3) is 0 Å². The van der Waals surface area contributed by atoms with E-state index in [2.05, 4.69) is 22.4 Å². The summed E-state index contributed by atoms with van der Waals surface area (Å²) in [6, 6.07) is 16.3. The first-order valence-corrected chi connectivity index (χ1v) is 12.7. The summed E-state index contributed by atoms with van der Waals surface area (Å²) in [5.74, 6) is 2.49. The van der Waals surface area contributed by atoms with E-state index in [1.54, 1.807) is 30.7 Å². The predicted octanol–water partition coefficient (Wildman–Crippen LogP) is 5.66. The van der Waals surface area contributed by atoms with E-state index in [9.17, 15) is 4.79 Å². The van der Waals surface area contributed by atoms with Crippen molar-refractivity contribution >= 4 is 12.1 Å². The molecule has 37 heavy (non-hydrogen) atoms. The lowest BCUT2D eigenvalue weighted by Crippen LogP contribution is -2.17. The first-order valence-electron chi connectivity index (χ1n) is 12.7. The minimum absolute atomic E-state index is 0.312. The number of hydrazone groups is 1. The van der Waals surface area contributed by atoms with E-state index in [1.807, 2.05) is 49.4 Å². The molecule has 1 N–H and O–H groups in total. The maximum absolute atomic E-state index is 12.1. The average Bonchev–Trinajstić information content (AvgIpc) is 2.93. The van der Waals surface area contributed by atoms with Gasteiger partial charge in [-0.2, -0.15) is 5.10 Å². The highest BCUT2D eigenvalue weighted by Crippen LogP contribution is 2.28. The molecule has 0 aliphatic heterocycles. The molecule has 8 nitrogen and oxygen atoms in total. The number of unbranched alkanes of at least 4 members (excludes halogenated alkanes) is 3. The van der Waals surface area contributed by atoms with E-state index >= 15 is 0 Å². The number of carbonyl (C=O) groups is 1. The third-order valence-corrected chi connectivity index (χ3v) is 5.29. The molecule has 3 aromatic rings. The maximum Gasteiger partial charge on any atom is 0.271 e. The molecule has 1 heterocycles. The van der Waals surface area contributed by atoms with Crippen molar-refractivity contribution in [3.8, 4) is 23.0 Å². The van der Waals surface area contributed by atoms with Gasteiger partial charge in [0, 0.05) is 18.0 Å². The molecule has 3 rings (SSSR count). The van der Waals surface area contributed by atoms with Gasteiger partial charge < -0.3 is 18.9 Å². The van der Waals surface area contributed by atoms with Gasteiger partial charge in [0.15, 0.2) is 11.5 Å². The summed E-state index contributed by atoms with van der Waals surface area (Å²) in [6.07, 6.45) is 9.39. The predicted molar refractivity (Wildman–Crippen MR) is 144 cm³/mol. The minimum Gasteiger partial charge on any atom is -0.494 e. The van der Waals surface area contributed by atoms with Gasteiger partial charge >= 0.3 is 0 Å². The zero-order valence-electron chi connectivity index (χ0n) is 21.5. The highest BCUT2D eigenvalue weighted by Gasteiger charge is 2.07. The lowest BCUT2D eigenvalue weighted by atomic mass is 10.2. The maximum atomic E-state index is 12.1. The van der Waals surface area contributed by atoms with Crippen molar-refractivity contribution in [2.75, 3.05) is 26.4 Å². The van der Waals surface area contributed by atoms with Gasteiger partial charge in [0.1, 0.15) is 24.7 Å². The third-order valence-electron chi connectivity index (χ3n) is 5.29. The molecule has 0 saturated heterocycles. The van der Waals surface area contributed by atoms with Crippen LogP contribution in [0, 0.1) is 0 Å². The van der Waals surface area contributed by atoms with Gasteiger partial charge in [-0.05, 0) is 73.5 Å². The van der Waals surface area contributed by atoms with Crippen LogP contribution in [-0.2, 0) is 0 Å². The second kappa shape index (κ2) is 15.8.